The van der Waals surface area contributed by atoms with Crippen LogP contribution in [0.5, 0.6) is 0 Å². The predicted octanol–water partition coefficient (Wildman–Crippen LogP) is 5.36. The number of thiophene rings is 1. The van der Waals surface area contributed by atoms with E-state index in [2.05, 4.69) is 10.3 Å². The summed E-state index contributed by atoms with van der Waals surface area (Å²) in [6, 6.07) is 15.2. The topological polar surface area (TPSA) is 111 Å². The van der Waals surface area contributed by atoms with Gasteiger partial charge in [-0.15, -0.1) is 11.3 Å². The first-order valence-electron chi connectivity index (χ1n) is 9.19. The van der Waals surface area contributed by atoms with E-state index in [0.29, 0.717) is 20.8 Å². The number of aromatic nitrogens is 1. The molecule has 0 aliphatic heterocycles. The Labute approximate surface area is 184 Å². The smallest absolute Gasteiger partial charge is 0.350 e. The maximum Gasteiger partial charge on any atom is 0.350 e. The van der Waals surface area contributed by atoms with Gasteiger partial charge in [-0.1, -0.05) is 41.7 Å². The van der Waals surface area contributed by atoms with Crippen LogP contribution in [-0.2, 0) is 4.74 Å². The Kier molecular flexibility index (Phi) is 5.74. The molecule has 0 bridgehead atoms. The zero-order valence-corrected chi connectivity index (χ0v) is 17.8. The number of nitro groups is 1. The minimum atomic E-state index is -0.506. The van der Waals surface area contributed by atoms with E-state index in [9.17, 15) is 19.7 Å². The van der Waals surface area contributed by atoms with E-state index in [1.54, 1.807) is 19.1 Å². The molecule has 0 atom stereocenters. The van der Waals surface area contributed by atoms with Gasteiger partial charge in [0.25, 0.3) is 11.6 Å². The number of carbonyl (C=O) groups is 2. The summed E-state index contributed by atoms with van der Waals surface area (Å²) >= 11 is 2.25. The van der Waals surface area contributed by atoms with Crippen molar-refractivity contribution in [3.8, 4) is 11.3 Å². The van der Waals surface area contributed by atoms with Gasteiger partial charge in [-0.25, -0.2) is 9.78 Å². The van der Waals surface area contributed by atoms with Crippen molar-refractivity contribution in [2.24, 2.45) is 0 Å². The van der Waals surface area contributed by atoms with Crippen LogP contribution < -0.4 is 5.32 Å². The third kappa shape index (κ3) is 4.30. The van der Waals surface area contributed by atoms with E-state index in [-0.39, 0.29) is 17.4 Å². The summed E-state index contributed by atoms with van der Waals surface area (Å²) in [6.07, 6.45) is 0. The third-order valence-electron chi connectivity index (χ3n) is 4.29. The summed E-state index contributed by atoms with van der Waals surface area (Å²) < 4.78 is 5.89. The molecule has 2 aromatic carbocycles. The highest BCUT2D eigenvalue weighted by molar-refractivity contribution is 7.21. The third-order valence-corrected chi connectivity index (χ3v) is 6.36. The van der Waals surface area contributed by atoms with E-state index >= 15 is 0 Å². The lowest BCUT2D eigenvalue weighted by molar-refractivity contribution is -0.384. The van der Waals surface area contributed by atoms with Gasteiger partial charge in [-0.05, 0) is 19.1 Å². The number of carbonyl (C=O) groups excluding carboxylic acids is 2. The molecule has 156 valence electrons. The monoisotopic (exact) mass is 453 g/mol. The van der Waals surface area contributed by atoms with Crippen LogP contribution in [0.3, 0.4) is 0 Å². The predicted molar refractivity (Wildman–Crippen MR) is 120 cm³/mol. The fourth-order valence-electron chi connectivity index (χ4n) is 2.92. The second kappa shape index (κ2) is 8.62. The number of rotatable bonds is 6. The standard InChI is InChI=1S/C21H15N3O5S2/c1-2-29-20(26)18-17(12-6-4-3-5-7-12)22-21(31-18)23-19(25)16-11-13-10-14(24(27)28)8-9-15(13)30-16/h3-11H,2H2,1H3,(H,22,23,25). The van der Waals surface area contributed by atoms with Crippen molar-refractivity contribution >= 4 is 55.5 Å². The molecule has 0 saturated heterocycles. The Balaban J connectivity index is 1.64. The van der Waals surface area contributed by atoms with Gasteiger partial charge < -0.3 is 4.74 Å². The zero-order valence-electron chi connectivity index (χ0n) is 16.2. The van der Waals surface area contributed by atoms with Gasteiger partial charge in [0.1, 0.15) is 4.88 Å². The van der Waals surface area contributed by atoms with Crippen LogP contribution >= 0.6 is 22.7 Å². The molecule has 4 aromatic rings. The van der Waals surface area contributed by atoms with E-state index in [0.717, 1.165) is 21.6 Å². The van der Waals surface area contributed by atoms with Crippen molar-refractivity contribution in [3.63, 3.8) is 0 Å². The van der Waals surface area contributed by atoms with E-state index in [4.69, 9.17) is 4.74 Å². The molecule has 4 rings (SSSR count). The SMILES string of the molecule is CCOC(=O)c1sc(NC(=O)c2cc3cc([N+](=O)[O-])ccc3s2)nc1-c1ccccc1. The van der Waals surface area contributed by atoms with Crippen LogP contribution in [0.15, 0.2) is 54.6 Å². The lowest BCUT2D eigenvalue weighted by Gasteiger charge is -2.01. The lowest BCUT2D eigenvalue weighted by Crippen LogP contribution is -2.09. The van der Waals surface area contributed by atoms with Gasteiger partial charge in [0.2, 0.25) is 0 Å². The minimum Gasteiger partial charge on any atom is -0.462 e. The Morgan fingerprint density at radius 1 is 1.13 bits per heavy atom. The second-order valence-electron chi connectivity index (χ2n) is 6.33. The van der Waals surface area contributed by atoms with Crippen LogP contribution in [0, 0.1) is 10.1 Å². The number of ether oxygens (including phenoxy) is 1. The molecule has 31 heavy (non-hydrogen) atoms. The van der Waals surface area contributed by atoms with Crippen molar-refractivity contribution in [3.05, 3.63) is 74.5 Å². The normalized spacial score (nSPS) is 10.7. The molecule has 0 radical (unpaired) electrons. The van der Waals surface area contributed by atoms with Crippen molar-refractivity contribution in [2.75, 3.05) is 11.9 Å². The summed E-state index contributed by atoms with van der Waals surface area (Å²) in [5.74, 6) is -0.916. The summed E-state index contributed by atoms with van der Waals surface area (Å²) in [5.41, 5.74) is 1.13. The van der Waals surface area contributed by atoms with Crippen LogP contribution in [-0.4, -0.2) is 28.4 Å². The average Bonchev–Trinajstić information content (AvgIpc) is 3.38. The summed E-state index contributed by atoms with van der Waals surface area (Å²) in [7, 11) is 0. The number of nitro benzene ring substituents is 1. The van der Waals surface area contributed by atoms with Crippen LogP contribution in [0.2, 0.25) is 0 Å². The van der Waals surface area contributed by atoms with Crippen molar-refractivity contribution in [2.45, 2.75) is 6.92 Å². The van der Waals surface area contributed by atoms with Gasteiger partial charge >= 0.3 is 5.97 Å². The maximum absolute atomic E-state index is 12.8. The molecule has 1 amide bonds. The number of hydrogen-bond donors (Lipinski definition) is 1. The number of fused-ring (bicyclic) bond motifs is 1. The van der Waals surface area contributed by atoms with Crippen LogP contribution in [0.25, 0.3) is 21.3 Å². The number of benzene rings is 2. The molecular weight excluding hydrogens is 438 g/mol. The Bertz CT molecular complexity index is 1300. The highest BCUT2D eigenvalue weighted by Crippen LogP contribution is 2.33. The number of amides is 1. The number of thiazole rings is 1. The molecule has 0 aliphatic rings. The van der Waals surface area contributed by atoms with Gasteiger partial charge in [-0.3, -0.25) is 20.2 Å². The first kappa shape index (κ1) is 20.6. The van der Waals surface area contributed by atoms with Crippen LogP contribution in [0.4, 0.5) is 10.8 Å². The Hall–Kier alpha value is -3.63. The van der Waals surface area contributed by atoms with E-state index in [1.807, 2.05) is 30.3 Å². The van der Waals surface area contributed by atoms with Gasteiger partial charge in [0.05, 0.1) is 22.1 Å². The molecule has 0 spiro atoms. The Morgan fingerprint density at radius 3 is 2.61 bits per heavy atom. The minimum absolute atomic E-state index is 0.0382. The first-order valence-corrected chi connectivity index (χ1v) is 10.8. The Morgan fingerprint density at radius 2 is 1.90 bits per heavy atom. The molecule has 0 unspecified atom stereocenters. The molecular formula is C21H15N3O5S2. The van der Waals surface area contributed by atoms with Gasteiger partial charge in [0, 0.05) is 27.8 Å². The summed E-state index contributed by atoms with van der Waals surface area (Å²) in [4.78, 5) is 40.8. The van der Waals surface area contributed by atoms with E-state index < -0.39 is 16.8 Å². The fourth-order valence-corrected chi connectivity index (χ4v) is 4.73. The van der Waals surface area contributed by atoms with Crippen molar-refractivity contribution < 1.29 is 19.2 Å². The lowest BCUT2D eigenvalue weighted by atomic mass is 10.1. The fraction of sp³-hybridized carbons (Fsp3) is 0.0952. The summed E-state index contributed by atoms with van der Waals surface area (Å²) in [6.45, 7) is 1.94. The van der Waals surface area contributed by atoms with Crippen molar-refractivity contribution in [1.29, 1.82) is 0 Å². The van der Waals surface area contributed by atoms with Gasteiger partial charge in [0.15, 0.2) is 5.13 Å². The number of anilines is 1. The average molecular weight is 454 g/mol. The largest absolute Gasteiger partial charge is 0.462 e. The second-order valence-corrected chi connectivity index (χ2v) is 8.41. The quantitative estimate of drug-likeness (QED) is 0.239. The van der Waals surface area contributed by atoms with Crippen molar-refractivity contribution in [1.82, 2.24) is 4.98 Å². The number of non-ortho nitro benzene ring substituents is 1. The number of nitrogens with one attached hydrogen (secondary N) is 1. The molecule has 2 aromatic heterocycles. The number of esters is 1. The highest BCUT2D eigenvalue weighted by Gasteiger charge is 2.22. The molecule has 0 aliphatic carbocycles. The van der Waals surface area contributed by atoms with Gasteiger partial charge in [-0.2, -0.15) is 0 Å². The first-order chi connectivity index (χ1) is 15.0. The molecule has 8 nitrogen and oxygen atoms in total. The highest BCUT2D eigenvalue weighted by atomic mass is 32.1. The molecule has 0 saturated carbocycles. The maximum atomic E-state index is 12.8. The van der Waals surface area contributed by atoms with Crippen LogP contribution in [0.1, 0.15) is 26.3 Å². The molecule has 0 fully saturated rings. The molecule has 2 heterocycles. The number of hydrogen-bond acceptors (Lipinski definition) is 8. The number of nitrogens with zero attached hydrogens (tertiary/aromatic N) is 2. The molecule has 10 heteroatoms. The van der Waals surface area contributed by atoms with E-state index in [1.165, 1.54) is 23.5 Å². The zero-order chi connectivity index (χ0) is 22.0. The molecule has 1 N–H and O–H groups in total. The summed E-state index contributed by atoms with van der Waals surface area (Å²) in [5, 5.41) is 14.6.